The lowest BCUT2D eigenvalue weighted by Crippen LogP contribution is -2.57. The van der Waals surface area contributed by atoms with Gasteiger partial charge < -0.3 is 34.7 Å². The molecule has 4 N–H and O–H groups in total. The summed E-state index contributed by atoms with van der Waals surface area (Å²) in [6.45, 7) is 7.37. The molecule has 6 aliphatic rings. The largest absolute Gasteiger partial charge is 0.480 e. The maximum atomic E-state index is 14.1. The molecule has 4 aromatic heterocycles. The predicted octanol–water partition coefficient (Wildman–Crippen LogP) is 5.85. The van der Waals surface area contributed by atoms with Crippen molar-refractivity contribution in [2.24, 2.45) is 0 Å². The molecule has 21 nitrogen and oxygen atoms in total. The van der Waals surface area contributed by atoms with Gasteiger partial charge in [-0.05, 0) is 124 Å². The Balaban J connectivity index is 0.709. The van der Waals surface area contributed by atoms with Crippen LogP contribution in [0.15, 0.2) is 61.1 Å². The number of anilines is 5. The SMILES string of the molecule is COc1ncc(-c2ccnc(N3CCc4c(sc5c4CCCC5)C3=O)c2[C@H](C)O)cc1Nc1ccc(N2CCN(C3CCN(c4ccc5c(c4)C(=O)N(C4CCC(=O)N(COP(=O)(O)O)C4=O)C5=O)CC3)C[C@@H]2C)cn1. The Labute approximate surface area is 442 Å². The number of likely N-dealkylation sites (tertiary alicyclic amines) is 1. The molecule has 1 aromatic carbocycles. The van der Waals surface area contributed by atoms with Crippen molar-refractivity contribution in [3.63, 3.8) is 0 Å². The zero-order valence-corrected chi connectivity index (χ0v) is 44.1. The highest BCUT2D eigenvalue weighted by Gasteiger charge is 2.48. The number of aliphatic hydroxyl groups excluding tert-OH is 1. The minimum Gasteiger partial charge on any atom is -0.480 e. The zero-order chi connectivity index (χ0) is 53.2. The Morgan fingerprint density at radius 2 is 1.59 bits per heavy atom. The molecule has 76 heavy (non-hydrogen) atoms. The highest BCUT2D eigenvalue weighted by molar-refractivity contribution is 7.46. The second-order valence-corrected chi connectivity index (χ2v) is 22.6. The van der Waals surface area contributed by atoms with E-state index in [0.717, 1.165) is 98.8 Å². The van der Waals surface area contributed by atoms with Crippen molar-refractivity contribution >= 4 is 77.4 Å². The summed E-state index contributed by atoms with van der Waals surface area (Å²) in [5, 5.41) is 14.7. The molecule has 1 unspecified atom stereocenters. The number of ether oxygens (including phenoxy) is 1. The number of hydrogen-bond donors (Lipinski definition) is 4. The van der Waals surface area contributed by atoms with E-state index in [4.69, 9.17) is 24.5 Å². The van der Waals surface area contributed by atoms with Crippen LogP contribution in [0.4, 0.5) is 28.7 Å². The Morgan fingerprint density at radius 1 is 0.816 bits per heavy atom. The lowest BCUT2D eigenvalue weighted by molar-refractivity contribution is -0.155. The maximum Gasteiger partial charge on any atom is 0.471 e. The Kier molecular flexibility index (Phi) is 14.0. The highest BCUT2D eigenvalue weighted by Crippen LogP contribution is 2.43. The molecule has 5 aliphatic heterocycles. The van der Waals surface area contributed by atoms with Gasteiger partial charge in [-0.15, -0.1) is 11.3 Å². The second-order valence-electron chi connectivity index (χ2n) is 20.2. The van der Waals surface area contributed by atoms with Crippen molar-refractivity contribution in [1.29, 1.82) is 0 Å². The molecule has 0 bridgehead atoms. The normalized spacial score (nSPS) is 21.0. The number of carbonyl (C=O) groups is 5. The van der Waals surface area contributed by atoms with Crippen LogP contribution in [-0.2, 0) is 37.9 Å². The number of methoxy groups -OCH3 is 1. The maximum absolute atomic E-state index is 14.1. The van der Waals surface area contributed by atoms with Crippen LogP contribution in [-0.4, -0.2) is 145 Å². The fourth-order valence-corrected chi connectivity index (χ4v) is 13.6. The average molecular weight is 1080 g/mol. The summed E-state index contributed by atoms with van der Waals surface area (Å²) in [6, 6.07) is 12.0. The van der Waals surface area contributed by atoms with Crippen LogP contribution in [0.25, 0.3) is 11.1 Å². The van der Waals surface area contributed by atoms with Crippen molar-refractivity contribution in [3.05, 3.63) is 98.6 Å². The first kappa shape index (κ1) is 51.5. The van der Waals surface area contributed by atoms with Gasteiger partial charge >= 0.3 is 7.82 Å². The predicted molar refractivity (Wildman–Crippen MR) is 282 cm³/mol. The number of fused-ring (bicyclic) bond motifs is 4. The molecule has 3 saturated heterocycles. The van der Waals surface area contributed by atoms with Crippen LogP contribution >= 0.6 is 19.2 Å². The third-order valence-corrected chi connectivity index (χ3v) is 17.5. The summed E-state index contributed by atoms with van der Waals surface area (Å²) < 4.78 is 21.3. The van der Waals surface area contributed by atoms with Gasteiger partial charge in [0.15, 0.2) is 0 Å². The average Bonchev–Trinajstić information content (AvgIpc) is 3.92. The number of nitrogens with one attached hydrogen (secondary N) is 1. The highest BCUT2D eigenvalue weighted by atomic mass is 32.1. The van der Waals surface area contributed by atoms with Gasteiger partial charge in [0.25, 0.3) is 23.6 Å². The lowest BCUT2D eigenvalue weighted by Gasteiger charge is -2.46. The number of pyridine rings is 3. The molecule has 9 heterocycles. The van der Waals surface area contributed by atoms with Gasteiger partial charge in [0.2, 0.25) is 11.8 Å². The number of phosphoric acid groups is 1. The third-order valence-electron chi connectivity index (χ3n) is 15.7. The topological polar surface area (TPSA) is 252 Å². The number of phosphoric ester groups is 1. The van der Waals surface area contributed by atoms with Crippen LogP contribution in [0.2, 0.25) is 0 Å². The number of rotatable bonds is 13. The molecule has 5 aromatic rings. The molecule has 23 heteroatoms. The Bertz CT molecular complexity index is 3200. The molecular formula is C53H59N10O11PS. The van der Waals surface area contributed by atoms with Gasteiger partial charge in [-0.1, -0.05) is 0 Å². The second kappa shape index (κ2) is 20.7. The zero-order valence-electron chi connectivity index (χ0n) is 42.4. The van der Waals surface area contributed by atoms with Gasteiger partial charge in [-0.3, -0.25) is 48.1 Å². The molecule has 5 amide bonds. The van der Waals surface area contributed by atoms with E-state index in [9.17, 15) is 33.6 Å². The lowest BCUT2D eigenvalue weighted by atomic mass is 9.91. The number of thiophene rings is 1. The van der Waals surface area contributed by atoms with Crippen molar-refractivity contribution in [2.45, 2.75) is 95.9 Å². The molecule has 0 spiro atoms. The number of benzene rings is 1. The Morgan fingerprint density at radius 3 is 2.33 bits per heavy atom. The van der Waals surface area contributed by atoms with Crippen LogP contribution in [0, 0.1) is 0 Å². The number of amides is 5. The van der Waals surface area contributed by atoms with E-state index in [1.807, 2.05) is 24.4 Å². The summed E-state index contributed by atoms with van der Waals surface area (Å²) in [4.78, 5) is 112. The Hall–Kier alpha value is -6.65. The van der Waals surface area contributed by atoms with E-state index in [-0.39, 0.29) is 35.9 Å². The van der Waals surface area contributed by atoms with Crippen molar-refractivity contribution < 1.29 is 52.7 Å². The van der Waals surface area contributed by atoms with Gasteiger partial charge in [0, 0.05) is 91.9 Å². The van der Waals surface area contributed by atoms with Crippen molar-refractivity contribution in [3.8, 4) is 17.0 Å². The number of hydrogen-bond acceptors (Lipinski definition) is 17. The van der Waals surface area contributed by atoms with Crippen LogP contribution in [0.1, 0.15) is 110 Å². The standard InChI is InChI=1S/C53H59N10O11PS/c1-30-28-59(33-15-19-58(20-16-33)34-8-10-39-40(25-34)51(67)63(50(39)66)42-11-13-45(65)62(52(42)68)29-74-75(70,71)72)22-23-60(30)35-9-12-44(55-27-35)57-41-24-32(26-56-49(41)73-3)36-14-18-54-48(46(36)31(2)64)61-21-17-38-37-6-4-5-7-43(37)76-47(38)53(61)69/h8-10,12,14,18,24-27,30-31,33,42,64H,4-7,11,13,15-17,19-23,28-29H2,1-3H3,(H,55,57)(H2,70,71,72)/t30-,31-,42?/m0/s1. The summed E-state index contributed by atoms with van der Waals surface area (Å²) in [5.41, 5.74) is 7.19. The minimum atomic E-state index is -5.00. The van der Waals surface area contributed by atoms with Gasteiger partial charge in [-0.25, -0.2) is 19.5 Å². The molecule has 1 aliphatic carbocycles. The first-order chi connectivity index (χ1) is 36.6. The minimum absolute atomic E-state index is 0.0647. The number of piperazine rings is 1. The quantitative estimate of drug-likeness (QED) is 0.0797. The van der Waals surface area contributed by atoms with E-state index in [2.05, 4.69) is 42.5 Å². The van der Waals surface area contributed by atoms with E-state index in [1.165, 1.54) is 16.0 Å². The molecule has 11 rings (SSSR count). The van der Waals surface area contributed by atoms with Gasteiger partial charge in [-0.2, -0.15) is 0 Å². The number of carbonyl (C=O) groups excluding carboxylic acids is 5. The number of nitrogens with zero attached hydrogens (tertiary/aromatic N) is 9. The smallest absolute Gasteiger partial charge is 0.471 e. The first-order valence-electron chi connectivity index (χ1n) is 25.8. The van der Waals surface area contributed by atoms with E-state index < -0.39 is 50.3 Å². The first-order valence-corrected chi connectivity index (χ1v) is 28.1. The third kappa shape index (κ3) is 9.64. The van der Waals surface area contributed by atoms with Crippen LogP contribution < -0.4 is 24.8 Å². The summed E-state index contributed by atoms with van der Waals surface area (Å²) in [6.07, 6.45) is 10.9. The van der Waals surface area contributed by atoms with E-state index in [1.54, 1.807) is 60.9 Å². The van der Waals surface area contributed by atoms with Crippen LogP contribution in [0.3, 0.4) is 0 Å². The van der Waals surface area contributed by atoms with Gasteiger partial charge in [0.1, 0.15) is 30.1 Å². The number of aliphatic hydroxyl groups is 1. The molecule has 0 radical (unpaired) electrons. The number of piperidine rings is 2. The van der Waals surface area contributed by atoms with Crippen LogP contribution in [0.5, 0.6) is 5.88 Å². The molecule has 0 saturated carbocycles. The summed E-state index contributed by atoms with van der Waals surface area (Å²) >= 11 is 1.62. The molecule has 3 atom stereocenters. The van der Waals surface area contributed by atoms with E-state index in [0.29, 0.717) is 57.4 Å². The monoisotopic (exact) mass is 1070 g/mol. The fraction of sp³-hybridized carbons (Fsp3) is 0.434. The van der Waals surface area contributed by atoms with Gasteiger partial charge in [0.05, 0.1) is 41.1 Å². The number of aryl methyl sites for hydroxylation is 1. The summed E-state index contributed by atoms with van der Waals surface area (Å²) in [7, 11) is -3.45. The van der Waals surface area contributed by atoms with Crippen molar-refractivity contribution in [1.82, 2.24) is 29.7 Å². The van der Waals surface area contributed by atoms with E-state index >= 15 is 0 Å². The number of imide groups is 2. The number of aromatic nitrogens is 3. The summed E-state index contributed by atoms with van der Waals surface area (Å²) in [5.74, 6) is -1.65. The fourth-order valence-electron chi connectivity index (χ4n) is 11.9. The van der Waals surface area contributed by atoms with Crippen molar-refractivity contribution in [2.75, 3.05) is 73.1 Å². The molecular weight excluding hydrogens is 1020 g/mol. The molecule has 398 valence electrons. The molecule has 3 fully saturated rings.